The largest absolute Gasteiger partial charge is 0.494 e. The minimum absolute atomic E-state index is 0.0137. The topological polar surface area (TPSA) is 81.9 Å². The lowest BCUT2D eigenvalue weighted by Gasteiger charge is -2.38. The monoisotopic (exact) mass is 511 g/mol. The number of nitrogens with zero attached hydrogens (tertiary/aromatic N) is 4. The molecule has 0 spiro atoms. The Morgan fingerprint density at radius 3 is 2.68 bits per heavy atom. The molecule has 1 aromatic heterocycles. The third-order valence-corrected chi connectivity index (χ3v) is 6.36. The van der Waals surface area contributed by atoms with E-state index in [1.807, 2.05) is 49.4 Å². The van der Waals surface area contributed by atoms with Gasteiger partial charge in [-0.1, -0.05) is 48.0 Å². The first-order valence-corrected chi connectivity index (χ1v) is 12.0. The fourth-order valence-electron chi connectivity index (χ4n) is 4.36. The highest BCUT2D eigenvalue weighted by atomic mass is 19.4. The molecule has 2 aromatic carbocycles. The summed E-state index contributed by atoms with van der Waals surface area (Å²) < 4.78 is 44.0. The van der Waals surface area contributed by atoms with Crippen molar-refractivity contribution in [1.29, 1.82) is 0 Å². The summed E-state index contributed by atoms with van der Waals surface area (Å²) in [6.45, 7) is 6.00. The maximum Gasteiger partial charge on any atom is 0.389 e. The van der Waals surface area contributed by atoms with E-state index in [2.05, 4.69) is 27.4 Å². The van der Waals surface area contributed by atoms with Crippen molar-refractivity contribution in [3.05, 3.63) is 84.2 Å². The minimum Gasteiger partial charge on any atom is -0.494 e. The summed E-state index contributed by atoms with van der Waals surface area (Å²) in [5, 5.41) is 14.4. The van der Waals surface area contributed by atoms with Crippen molar-refractivity contribution in [3.63, 3.8) is 0 Å². The van der Waals surface area contributed by atoms with Gasteiger partial charge in [0.25, 0.3) is 5.91 Å². The summed E-state index contributed by atoms with van der Waals surface area (Å²) >= 11 is 0. The van der Waals surface area contributed by atoms with Crippen LogP contribution in [0.15, 0.2) is 67.5 Å². The number of ether oxygens (including phenoxy) is 1. The lowest BCUT2D eigenvalue weighted by Crippen LogP contribution is -2.51. The zero-order valence-corrected chi connectivity index (χ0v) is 20.5. The van der Waals surface area contributed by atoms with Crippen LogP contribution in [0, 0.1) is 6.92 Å². The van der Waals surface area contributed by atoms with Crippen molar-refractivity contribution in [2.45, 2.75) is 50.7 Å². The van der Waals surface area contributed by atoms with E-state index in [1.165, 1.54) is 11.0 Å². The Labute approximate surface area is 213 Å². The van der Waals surface area contributed by atoms with Crippen LogP contribution in [-0.4, -0.2) is 44.4 Å². The van der Waals surface area contributed by atoms with Crippen LogP contribution in [0.2, 0.25) is 0 Å². The van der Waals surface area contributed by atoms with Gasteiger partial charge in [0.15, 0.2) is 0 Å². The van der Waals surface area contributed by atoms with Crippen molar-refractivity contribution in [2.24, 2.45) is 0 Å². The van der Waals surface area contributed by atoms with Gasteiger partial charge >= 0.3 is 6.18 Å². The second-order valence-electron chi connectivity index (χ2n) is 9.15. The molecule has 194 valence electrons. The fraction of sp³-hybridized carbons (Fsp3) is 0.333. The van der Waals surface area contributed by atoms with Crippen LogP contribution in [-0.2, 0) is 11.2 Å². The van der Waals surface area contributed by atoms with Gasteiger partial charge in [0.05, 0.1) is 12.1 Å². The Bertz CT molecular complexity index is 1270. The van der Waals surface area contributed by atoms with Crippen LogP contribution < -0.4 is 10.1 Å². The van der Waals surface area contributed by atoms with Crippen molar-refractivity contribution in [2.75, 3.05) is 6.61 Å². The number of aromatic nitrogens is 4. The molecule has 0 aliphatic carbocycles. The molecule has 1 N–H and O–H groups in total. The average molecular weight is 512 g/mol. The van der Waals surface area contributed by atoms with Crippen LogP contribution in [0.3, 0.4) is 0 Å². The predicted molar refractivity (Wildman–Crippen MR) is 133 cm³/mol. The summed E-state index contributed by atoms with van der Waals surface area (Å²) in [5.74, 6) is 0.206. The Morgan fingerprint density at radius 2 is 2.00 bits per heavy atom. The number of aryl methyl sites for hydroxylation is 2. The van der Waals surface area contributed by atoms with Gasteiger partial charge in [-0.25, -0.2) is 0 Å². The molecule has 1 amide bonds. The van der Waals surface area contributed by atoms with Crippen molar-refractivity contribution in [3.8, 4) is 5.75 Å². The molecular formula is C27H28F3N5O2. The van der Waals surface area contributed by atoms with E-state index >= 15 is 0 Å². The molecule has 2 heterocycles. The summed E-state index contributed by atoms with van der Waals surface area (Å²) in [6.07, 6.45) is -0.392. The molecule has 0 bridgehead atoms. The number of hydrogen-bond acceptors (Lipinski definition) is 5. The fourth-order valence-corrected chi connectivity index (χ4v) is 4.36. The van der Waals surface area contributed by atoms with Crippen molar-refractivity contribution >= 4 is 17.2 Å². The number of amides is 1. The van der Waals surface area contributed by atoms with Crippen LogP contribution in [0.5, 0.6) is 5.75 Å². The molecule has 0 saturated heterocycles. The molecule has 0 fully saturated rings. The third-order valence-electron chi connectivity index (χ3n) is 6.36. The molecule has 10 heteroatoms. The zero-order chi connectivity index (χ0) is 26.5. The number of tetrazole rings is 1. The van der Waals surface area contributed by atoms with Crippen molar-refractivity contribution in [1.82, 2.24) is 25.5 Å². The standard InChI is InChI=1S/C27H28F3N5O2/c1-3-26(14-12-20-6-4-7-22(16-20)37-15-5-13-27(28,29)30)17-23(21-10-8-19(2)9-11-21)24(25(36)32-26)35-18-31-33-34-35/h3-4,6-11,16,18H,1,5,12-15,17H2,2H3,(H,32,36)/t26-/m0/s1. The molecule has 1 atom stereocenters. The molecule has 0 radical (unpaired) electrons. The molecule has 37 heavy (non-hydrogen) atoms. The number of rotatable bonds is 10. The van der Waals surface area contributed by atoms with Crippen LogP contribution in [0.4, 0.5) is 13.2 Å². The first-order chi connectivity index (χ1) is 17.7. The minimum atomic E-state index is -4.19. The SMILES string of the molecule is C=C[C@]1(CCc2cccc(OCCCC(F)(F)F)c2)CC(c2ccc(C)cc2)=C(n2cnnn2)C(=O)N1. The van der Waals surface area contributed by atoms with Gasteiger partial charge in [0.1, 0.15) is 17.8 Å². The number of halogens is 3. The number of carbonyl (C=O) groups excluding carboxylic acids is 1. The number of alkyl halides is 3. The van der Waals surface area contributed by atoms with Gasteiger partial charge in [-0.15, -0.1) is 11.7 Å². The van der Waals surface area contributed by atoms with Gasteiger partial charge in [-0.05, 0) is 65.4 Å². The van der Waals surface area contributed by atoms with Gasteiger partial charge in [-0.3, -0.25) is 4.79 Å². The van der Waals surface area contributed by atoms with Gasteiger partial charge in [0.2, 0.25) is 0 Å². The summed E-state index contributed by atoms with van der Waals surface area (Å²) in [7, 11) is 0. The van der Waals surface area contributed by atoms with E-state index in [-0.39, 0.29) is 18.9 Å². The normalized spacial score (nSPS) is 18.0. The molecule has 1 aliphatic heterocycles. The molecule has 7 nitrogen and oxygen atoms in total. The van der Waals surface area contributed by atoms with Gasteiger partial charge < -0.3 is 10.1 Å². The molecule has 0 unspecified atom stereocenters. The number of benzene rings is 2. The van der Waals surface area contributed by atoms with Crippen molar-refractivity contribution < 1.29 is 22.7 Å². The lowest BCUT2D eigenvalue weighted by molar-refractivity contribution is -0.136. The number of hydrogen-bond donors (Lipinski definition) is 1. The molecule has 1 aliphatic rings. The predicted octanol–water partition coefficient (Wildman–Crippen LogP) is 5.15. The first kappa shape index (κ1) is 26.1. The highest BCUT2D eigenvalue weighted by molar-refractivity contribution is 6.23. The average Bonchev–Trinajstić information content (AvgIpc) is 3.40. The first-order valence-electron chi connectivity index (χ1n) is 12.0. The zero-order valence-electron chi connectivity index (χ0n) is 20.5. The highest BCUT2D eigenvalue weighted by Gasteiger charge is 2.38. The van der Waals surface area contributed by atoms with E-state index in [0.29, 0.717) is 30.7 Å². The summed E-state index contributed by atoms with van der Waals surface area (Å²) in [5.41, 5.74) is 3.38. The second kappa shape index (κ2) is 11.0. The Hall–Kier alpha value is -3.95. The molecular weight excluding hydrogens is 483 g/mol. The quantitative estimate of drug-likeness (QED) is 0.301. The molecule has 3 aromatic rings. The molecule has 4 rings (SSSR count). The maximum atomic E-state index is 13.4. The van der Waals surface area contributed by atoms with E-state index in [9.17, 15) is 18.0 Å². The second-order valence-corrected chi connectivity index (χ2v) is 9.15. The number of carbonyl (C=O) groups is 1. The smallest absolute Gasteiger partial charge is 0.389 e. The van der Waals surface area contributed by atoms with Crippen LogP contribution >= 0.6 is 0 Å². The van der Waals surface area contributed by atoms with Crippen LogP contribution in [0.25, 0.3) is 11.3 Å². The van der Waals surface area contributed by atoms with E-state index in [0.717, 1.165) is 22.3 Å². The summed E-state index contributed by atoms with van der Waals surface area (Å²) in [4.78, 5) is 13.4. The Morgan fingerprint density at radius 1 is 1.22 bits per heavy atom. The Kier molecular flexibility index (Phi) is 7.75. The van der Waals surface area contributed by atoms with E-state index < -0.39 is 18.1 Å². The van der Waals surface area contributed by atoms with E-state index in [1.54, 1.807) is 12.1 Å². The van der Waals surface area contributed by atoms with E-state index in [4.69, 9.17) is 4.74 Å². The maximum absolute atomic E-state index is 13.4. The van der Waals surface area contributed by atoms with Crippen LogP contribution in [0.1, 0.15) is 42.4 Å². The lowest BCUT2D eigenvalue weighted by atomic mass is 9.79. The highest BCUT2D eigenvalue weighted by Crippen LogP contribution is 2.37. The Balaban J connectivity index is 1.52. The number of nitrogens with one attached hydrogen (secondary N) is 1. The third kappa shape index (κ3) is 6.63. The molecule has 0 saturated carbocycles. The van der Waals surface area contributed by atoms with Gasteiger partial charge in [-0.2, -0.15) is 17.9 Å². The van der Waals surface area contributed by atoms with Gasteiger partial charge in [0, 0.05) is 12.8 Å². The summed E-state index contributed by atoms with van der Waals surface area (Å²) in [6, 6.07) is 15.2.